The van der Waals surface area contributed by atoms with Crippen LogP contribution in [0.5, 0.6) is 0 Å². The average Bonchev–Trinajstić information content (AvgIpc) is 3.19. The van der Waals surface area contributed by atoms with E-state index in [9.17, 15) is 9.59 Å². The molecular weight excluding hydrogens is 364 g/mol. The Hall–Kier alpha value is -1.58. The summed E-state index contributed by atoms with van der Waals surface area (Å²) in [7, 11) is 0. The minimum Gasteiger partial charge on any atom is -0.369 e. The first-order valence-electron chi connectivity index (χ1n) is 7.39. The topological polar surface area (TPSA) is 98.0 Å². The van der Waals surface area contributed by atoms with Crippen molar-refractivity contribution in [2.24, 2.45) is 5.73 Å². The molecule has 9 heteroatoms. The van der Waals surface area contributed by atoms with Gasteiger partial charge < -0.3 is 11.1 Å². The van der Waals surface area contributed by atoms with Crippen LogP contribution in [-0.4, -0.2) is 33.5 Å². The molecule has 126 valence electrons. The number of nitrogens with two attached hydrogens (primary N) is 1. The summed E-state index contributed by atoms with van der Waals surface area (Å²) >= 11 is 3.94. The summed E-state index contributed by atoms with van der Waals surface area (Å²) in [6, 6.07) is 6.11. The molecule has 0 aliphatic heterocycles. The first-order chi connectivity index (χ1) is 11.6. The quantitative estimate of drug-likeness (QED) is 0.716. The van der Waals surface area contributed by atoms with Gasteiger partial charge in [-0.2, -0.15) is 0 Å². The smallest absolute Gasteiger partial charge is 0.234 e. The van der Waals surface area contributed by atoms with Crippen molar-refractivity contribution in [1.82, 2.24) is 10.2 Å². The average molecular weight is 381 g/mol. The third kappa shape index (κ3) is 4.71. The lowest BCUT2D eigenvalue weighted by Crippen LogP contribution is -2.14. The van der Waals surface area contributed by atoms with Gasteiger partial charge in [-0.3, -0.25) is 9.59 Å². The van der Waals surface area contributed by atoms with E-state index < -0.39 is 5.91 Å². The maximum atomic E-state index is 12.1. The summed E-state index contributed by atoms with van der Waals surface area (Å²) in [6.45, 7) is 0. The number of nitrogens with one attached hydrogen (secondary N) is 1. The second-order valence-electron chi connectivity index (χ2n) is 5.26. The van der Waals surface area contributed by atoms with Crippen molar-refractivity contribution in [3.8, 4) is 0 Å². The summed E-state index contributed by atoms with van der Waals surface area (Å²) < 4.78 is 1.38. The van der Waals surface area contributed by atoms with Crippen LogP contribution in [0.4, 0.5) is 5.69 Å². The van der Waals surface area contributed by atoms with Crippen LogP contribution in [0, 0.1) is 0 Å². The summed E-state index contributed by atoms with van der Waals surface area (Å²) in [5, 5.41) is 10.9. The number of thioether (sulfide) groups is 2. The van der Waals surface area contributed by atoms with E-state index in [2.05, 4.69) is 27.6 Å². The van der Waals surface area contributed by atoms with Crippen LogP contribution in [0.15, 0.2) is 26.9 Å². The molecule has 0 atom stereocenters. The largest absolute Gasteiger partial charge is 0.369 e. The highest BCUT2D eigenvalue weighted by molar-refractivity contribution is 8.03. The molecule has 3 rings (SSSR count). The van der Waals surface area contributed by atoms with Crippen molar-refractivity contribution >= 4 is 52.4 Å². The van der Waals surface area contributed by atoms with Crippen molar-refractivity contribution < 1.29 is 9.59 Å². The van der Waals surface area contributed by atoms with Crippen molar-refractivity contribution in [2.45, 2.75) is 27.9 Å². The molecule has 1 aliphatic carbocycles. The van der Waals surface area contributed by atoms with Crippen LogP contribution in [0.2, 0.25) is 0 Å². The summed E-state index contributed by atoms with van der Waals surface area (Å²) in [4.78, 5) is 22.8. The highest BCUT2D eigenvalue weighted by Gasteiger charge is 2.13. The number of fused-ring (bicyclic) bond motifs is 1. The van der Waals surface area contributed by atoms with Gasteiger partial charge in [-0.1, -0.05) is 40.9 Å². The Morgan fingerprint density at radius 1 is 1.12 bits per heavy atom. The van der Waals surface area contributed by atoms with E-state index in [-0.39, 0.29) is 17.4 Å². The highest BCUT2D eigenvalue weighted by Crippen LogP contribution is 2.29. The lowest BCUT2D eigenvalue weighted by molar-refractivity contribution is -0.115. The van der Waals surface area contributed by atoms with Crippen LogP contribution >= 0.6 is 34.9 Å². The molecule has 0 spiro atoms. The third-order valence-electron chi connectivity index (χ3n) is 3.43. The van der Waals surface area contributed by atoms with Crippen LogP contribution in [0.25, 0.3) is 0 Å². The second kappa shape index (κ2) is 8.00. The van der Waals surface area contributed by atoms with Gasteiger partial charge in [0.15, 0.2) is 8.68 Å². The van der Waals surface area contributed by atoms with E-state index in [1.807, 2.05) is 6.07 Å². The number of benzene rings is 1. The molecule has 0 saturated heterocycles. The maximum Gasteiger partial charge on any atom is 0.234 e. The monoisotopic (exact) mass is 380 g/mol. The lowest BCUT2D eigenvalue weighted by atomic mass is 10.1. The summed E-state index contributed by atoms with van der Waals surface area (Å²) in [6.07, 6.45) is 3.41. The number of amides is 2. The predicted octanol–water partition coefficient (Wildman–Crippen LogP) is 2.33. The molecule has 2 aromatic rings. The van der Waals surface area contributed by atoms with Gasteiger partial charge in [0.1, 0.15) is 0 Å². The number of carbonyl (C=O) groups is 2. The fraction of sp³-hybridized carbons (Fsp3) is 0.333. The molecule has 1 aromatic carbocycles. The van der Waals surface area contributed by atoms with Crippen LogP contribution in [0.1, 0.15) is 17.5 Å². The van der Waals surface area contributed by atoms with E-state index in [0.29, 0.717) is 8.68 Å². The molecule has 1 aromatic heterocycles. The number of anilines is 1. The fourth-order valence-corrected chi connectivity index (χ4v) is 4.98. The Bertz CT molecular complexity index is 763. The number of aryl methyl sites for hydroxylation is 2. The standard InChI is InChI=1S/C15H16N4O2S3/c16-12(20)7-22-14-18-19-15(24-14)23-8-13(21)17-11-5-4-9-2-1-3-10(9)6-11/h4-6H,1-3,7-8H2,(H2,16,20)(H,17,21). The summed E-state index contributed by atoms with van der Waals surface area (Å²) in [5.41, 5.74) is 8.66. The molecule has 0 fully saturated rings. The molecule has 0 radical (unpaired) electrons. The van der Waals surface area contributed by atoms with Gasteiger partial charge in [0, 0.05) is 5.69 Å². The van der Waals surface area contributed by atoms with Crippen molar-refractivity contribution in [3.05, 3.63) is 29.3 Å². The van der Waals surface area contributed by atoms with Gasteiger partial charge in [-0.25, -0.2) is 0 Å². The van der Waals surface area contributed by atoms with Gasteiger partial charge in [0.2, 0.25) is 11.8 Å². The predicted molar refractivity (Wildman–Crippen MR) is 97.6 cm³/mol. The third-order valence-corrected chi connectivity index (χ3v) is 6.65. The van der Waals surface area contributed by atoms with Gasteiger partial charge in [0.25, 0.3) is 0 Å². The maximum absolute atomic E-state index is 12.1. The Morgan fingerprint density at radius 3 is 2.58 bits per heavy atom. The van der Waals surface area contributed by atoms with Gasteiger partial charge >= 0.3 is 0 Å². The molecular formula is C15H16N4O2S3. The molecule has 0 unspecified atom stereocenters. The molecule has 0 bridgehead atoms. The van der Waals surface area contributed by atoms with E-state index >= 15 is 0 Å². The van der Waals surface area contributed by atoms with Crippen LogP contribution < -0.4 is 11.1 Å². The zero-order valence-electron chi connectivity index (χ0n) is 12.8. The van der Waals surface area contributed by atoms with Crippen LogP contribution in [-0.2, 0) is 22.4 Å². The Balaban J connectivity index is 1.48. The van der Waals surface area contributed by atoms with Crippen LogP contribution in [0.3, 0.4) is 0 Å². The molecule has 0 saturated carbocycles. The number of hydrogen-bond donors (Lipinski definition) is 2. The zero-order valence-corrected chi connectivity index (χ0v) is 15.2. The number of nitrogens with zero attached hydrogens (tertiary/aromatic N) is 2. The van der Waals surface area contributed by atoms with Crippen molar-refractivity contribution in [2.75, 3.05) is 16.8 Å². The number of carbonyl (C=O) groups excluding carboxylic acids is 2. The lowest BCUT2D eigenvalue weighted by Gasteiger charge is -2.06. The number of rotatable bonds is 7. The normalized spacial score (nSPS) is 12.8. The van der Waals surface area contributed by atoms with Crippen molar-refractivity contribution in [1.29, 1.82) is 0 Å². The first-order valence-corrected chi connectivity index (χ1v) is 10.2. The molecule has 6 nitrogen and oxygen atoms in total. The van der Waals surface area contributed by atoms with Gasteiger partial charge in [0.05, 0.1) is 11.5 Å². The van der Waals surface area contributed by atoms with Crippen molar-refractivity contribution in [3.63, 3.8) is 0 Å². The number of hydrogen-bond acceptors (Lipinski definition) is 7. The molecule has 2 amide bonds. The van der Waals surface area contributed by atoms with E-state index in [0.717, 1.165) is 18.5 Å². The van der Waals surface area contributed by atoms with E-state index in [1.54, 1.807) is 0 Å². The Kier molecular flexibility index (Phi) is 5.75. The summed E-state index contributed by atoms with van der Waals surface area (Å²) in [5.74, 6) is -0.0118. The molecule has 1 aliphatic rings. The highest BCUT2D eigenvalue weighted by atomic mass is 32.2. The number of primary amides is 1. The molecule has 24 heavy (non-hydrogen) atoms. The van der Waals surface area contributed by atoms with E-state index in [1.165, 1.54) is 52.4 Å². The number of aromatic nitrogens is 2. The minimum atomic E-state index is -0.391. The Morgan fingerprint density at radius 2 is 1.83 bits per heavy atom. The minimum absolute atomic E-state index is 0.0699. The first kappa shape index (κ1) is 17.2. The second-order valence-corrected chi connectivity index (χ2v) is 8.69. The Labute approximate surface area is 152 Å². The fourth-order valence-electron chi connectivity index (χ4n) is 2.42. The molecule has 1 heterocycles. The van der Waals surface area contributed by atoms with Gasteiger partial charge in [-0.05, 0) is 42.5 Å². The zero-order chi connectivity index (χ0) is 16.9. The molecule has 3 N–H and O–H groups in total. The van der Waals surface area contributed by atoms with Gasteiger partial charge in [-0.15, -0.1) is 10.2 Å². The van der Waals surface area contributed by atoms with E-state index in [4.69, 9.17) is 5.73 Å². The SMILES string of the molecule is NC(=O)CSc1nnc(SCC(=O)Nc2ccc3c(c2)CCC3)s1.